The Morgan fingerprint density at radius 1 is 1.70 bits per heavy atom. The minimum absolute atomic E-state index is 0.102. The molecule has 0 bridgehead atoms. The van der Waals surface area contributed by atoms with Crippen LogP contribution in [0.25, 0.3) is 0 Å². The second kappa shape index (κ2) is 4.75. The van der Waals surface area contributed by atoms with E-state index in [1.54, 1.807) is 0 Å². The van der Waals surface area contributed by atoms with Gasteiger partial charge in [-0.2, -0.15) is 4.99 Å². The van der Waals surface area contributed by atoms with Crippen molar-refractivity contribution < 1.29 is 14.3 Å². The van der Waals surface area contributed by atoms with Crippen LogP contribution in [0, 0.1) is 0 Å². The Kier molecular flexibility index (Phi) is 4.23. The fraction of sp³-hybridized carbons (Fsp3) is 0.600. The summed E-state index contributed by atoms with van der Waals surface area (Å²) >= 11 is 0. The van der Waals surface area contributed by atoms with Gasteiger partial charge in [-0.05, 0) is 6.92 Å². The van der Waals surface area contributed by atoms with Gasteiger partial charge in [0.05, 0.1) is 0 Å². The van der Waals surface area contributed by atoms with Crippen LogP contribution in [-0.4, -0.2) is 25.8 Å². The number of ether oxygens (including phenoxy) is 2. The second-order valence-corrected chi connectivity index (χ2v) is 1.57. The van der Waals surface area contributed by atoms with Crippen LogP contribution in [-0.2, 0) is 9.47 Å². The summed E-state index contributed by atoms with van der Waals surface area (Å²) in [5.41, 5.74) is 5.07. The van der Waals surface area contributed by atoms with Crippen molar-refractivity contribution in [3.63, 3.8) is 0 Å². The molecule has 0 saturated carbocycles. The Labute approximate surface area is 58.8 Å². The minimum Gasteiger partial charge on any atom is -0.421 e. The van der Waals surface area contributed by atoms with E-state index < -0.39 is 6.09 Å². The summed E-state index contributed by atoms with van der Waals surface area (Å²) in [5.74, 6) is 0.168. The van der Waals surface area contributed by atoms with Crippen LogP contribution in [0.15, 0.2) is 4.99 Å². The van der Waals surface area contributed by atoms with Crippen LogP contribution in [0.5, 0.6) is 0 Å². The first-order valence-electron chi connectivity index (χ1n) is 2.63. The maximum absolute atomic E-state index is 10.4. The SMILES string of the molecule is COCOC(=O)/N=C(/C)N. The van der Waals surface area contributed by atoms with Crippen LogP contribution in [0.3, 0.4) is 0 Å². The van der Waals surface area contributed by atoms with Gasteiger partial charge in [-0.1, -0.05) is 0 Å². The van der Waals surface area contributed by atoms with Crippen molar-refractivity contribution in [3.8, 4) is 0 Å². The fourth-order valence-corrected chi connectivity index (χ4v) is 0.286. The lowest BCUT2D eigenvalue weighted by Crippen LogP contribution is -2.11. The molecule has 0 atom stereocenters. The highest BCUT2D eigenvalue weighted by molar-refractivity contribution is 5.88. The van der Waals surface area contributed by atoms with E-state index in [0.29, 0.717) is 0 Å². The first-order valence-corrected chi connectivity index (χ1v) is 2.63. The fourth-order valence-electron chi connectivity index (χ4n) is 0.286. The van der Waals surface area contributed by atoms with E-state index in [2.05, 4.69) is 14.5 Å². The highest BCUT2D eigenvalue weighted by atomic mass is 16.7. The number of amidine groups is 1. The number of nitrogens with two attached hydrogens (primary N) is 1. The predicted octanol–water partition coefficient (Wildman–Crippen LogP) is 0.104. The Bertz CT molecular complexity index is 140. The lowest BCUT2D eigenvalue weighted by atomic mass is 10.7. The lowest BCUT2D eigenvalue weighted by molar-refractivity contribution is 0.0164. The van der Waals surface area contributed by atoms with Gasteiger partial charge in [0.15, 0.2) is 6.79 Å². The van der Waals surface area contributed by atoms with Crippen LogP contribution >= 0.6 is 0 Å². The van der Waals surface area contributed by atoms with Crippen molar-refractivity contribution in [1.29, 1.82) is 0 Å². The molecule has 0 aromatic carbocycles. The third-order valence-electron chi connectivity index (χ3n) is 0.568. The van der Waals surface area contributed by atoms with Gasteiger partial charge in [0.1, 0.15) is 5.84 Å². The molecule has 5 nitrogen and oxygen atoms in total. The molecule has 1 amide bonds. The molecule has 0 fully saturated rings. The van der Waals surface area contributed by atoms with Crippen LogP contribution < -0.4 is 5.73 Å². The van der Waals surface area contributed by atoms with E-state index >= 15 is 0 Å². The highest BCUT2D eigenvalue weighted by Crippen LogP contribution is 1.82. The summed E-state index contributed by atoms with van der Waals surface area (Å²) in [4.78, 5) is 13.7. The topological polar surface area (TPSA) is 73.9 Å². The number of hydrogen-bond donors (Lipinski definition) is 1. The Morgan fingerprint density at radius 3 is 2.70 bits per heavy atom. The molecule has 0 aliphatic heterocycles. The van der Waals surface area contributed by atoms with Gasteiger partial charge in [0.2, 0.25) is 0 Å². The van der Waals surface area contributed by atoms with E-state index in [-0.39, 0.29) is 12.6 Å². The van der Waals surface area contributed by atoms with Crippen molar-refractivity contribution in [3.05, 3.63) is 0 Å². The summed E-state index contributed by atoms with van der Waals surface area (Å²) in [6.45, 7) is 1.39. The smallest absolute Gasteiger partial charge is 0.421 e. The van der Waals surface area contributed by atoms with Gasteiger partial charge >= 0.3 is 6.09 Å². The van der Waals surface area contributed by atoms with Gasteiger partial charge in [-0.15, -0.1) is 0 Å². The lowest BCUT2D eigenvalue weighted by Gasteiger charge is -1.96. The molecule has 0 unspecified atom stereocenters. The van der Waals surface area contributed by atoms with E-state index in [1.165, 1.54) is 14.0 Å². The molecule has 0 aliphatic carbocycles. The molecule has 0 aliphatic rings. The van der Waals surface area contributed by atoms with Gasteiger partial charge in [0.25, 0.3) is 0 Å². The maximum Gasteiger partial charge on any atom is 0.437 e. The van der Waals surface area contributed by atoms with Crippen molar-refractivity contribution in [2.24, 2.45) is 10.7 Å². The molecule has 2 N–H and O–H groups in total. The monoisotopic (exact) mass is 146 g/mol. The number of carbonyl (C=O) groups is 1. The van der Waals surface area contributed by atoms with Gasteiger partial charge in [0, 0.05) is 7.11 Å². The summed E-state index contributed by atoms with van der Waals surface area (Å²) in [6.07, 6.45) is -0.734. The number of aliphatic imine (C=N–C) groups is 1. The maximum atomic E-state index is 10.4. The number of rotatable bonds is 2. The molecule has 5 heteroatoms. The number of nitrogens with zero attached hydrogens (tertiary/aromatic N) is 1. The van der Waals surface area contributed by atoms with Crippen molar-refractivity contribution in [1.82, 2.24) is 0 Å². The first-order chi connectivity index (χ1) is 4.66. The molecule has 0 rings (SSSR count). The minimum atomic E-state index is -0.734. The molecule has 0 aromatic heterocycles. The number of hydrogen-bond acceptors (Lipinski definition) is 3. The molecule has 0 radical (unpaired) electrons. The third kappa shape index (κ3) is 5.04. The number of carbonyl (C=O) groups excluding carboxylic acids is 1. The number of methoxy groups -OCH3 is 1. The summed E-state index contributed by atoms with van der Waals surface area (Å²) < 4.78 is 8.81. The molecular formula is C5H10N2O3. The molecule has 58 valence electrons. The Balaban J connectivity index is 3.54. The third-order valence-corrected chi connectivity index (χ3v) is 0.568. The van der Waals surface area contributed by atoms with Gasteiger partial charge < -0.3 is 15.2 Å². The highest BCUT2D eigenvalue weighted by Gasteiger charge is 1.96. The second-order valence-electron chi connectivity index (χ2n) is 1.57. The largest absolute Gasteiger partial charge is 0.437 e. The van der Waals surface area contributed by atoms with Gasteiger partial charge in [-0.25, -0.2) is 4.79 Å². The van der Waals surface area contributed by atoms with Crippen LogP contribution in [0.4, 0.5) is 4.79 Å². The summed E-state index contributed by atoms with van der Waals surface area (Å²) in [5, 5.41) is 0. The molecular weight excluding hydrogens is 136 g/mol. The average molecular weight is 146 g/mol. The normalized spacial score (nSPS) is 11.2. The summed E-state index contributed by atoms with van der Waals surface area (Å²) in [7, 11) is 1.41. The van der Waals surface area contributed by atoms with Crippen LogP contribution in [0.1, 0.15) is 6.92 Å². The zero-order valence-electron chi connectivity index (χ0n) is 5.96. The predicted molar refractivity (Wildman–Crippen MR) is 35.7 cm³/mol. The Morgan fingerprint density at radius 2 is 2.30 bits per heavy atom. The van der Waals surface area contributed by atoms with Crippen LogP contribution in [0.2, 0.25) is 0 Å². The standard InChI is InChI=1S/C5H10N2O3/c1-4(6)7-5(8)10-3-9-2/h3H2,1-2H3,(H2,6,7,8). The van der Waals surface area contributed by atoms with E-state index in [0.717, 1.165) is 0 Å². The molecule has 0 saturated heterocycles. The molecule has 0 heterocycles. The van der Waals surface area contributed by atoms with Crippen molar-refractivity contribution in [2.45, 2.75) is 6.92 Å². The zero-order chi connectivity index (χ0) is 7.98. The molecule has 0 aromatic rings. The van der Waals surface area contributed by atoms with E-state index in [9.17, 15) is 4.79 Å². The van der Waals surface area contributed by atoms with E-state index in [4.69, 9.17) is 5.73 Å². The first kappa shape index (κ1) is 8.90. The van der Waals surface area contributed by atoms with Crippen molar-refractivity contribution >= 4 is 11.9 Å². The number of amides is 1. The van der Waals surface area contributed by atoms with Crippen molar-refractivity contribution in [2.75, 3.05) is 13.9 Å². The van der Waals surface area contributed by atoms with E-state index in [1.807, 2.05) is 0 Å². The molecule has 10 heavy (non-hydrogen) atoms. The van der Waals surface area contributed by atoms with Gasteiger partial charge in [-0.3, -0.25) is 0 Å². The molecule has 0 spiro atoms. The zero-order valence-corrected chi connectivity index (χ0v) is 5.96. The Hall–Kier alpha value is -1.10. The average Bonchev–Trinajstić information content (AvgIpc) is 1.82. The summed E-state index contributed by atoms with van der Waals surface area (Å²) in [6, 6.07) is 0. The quantitative estimate of drug-likeness (QED) is 0.340.